The second-order valence-electron chi connectivity index (χ2n) is 1.07. The maximum Gasteiger partial charge on any atom is 0.211 e. The Hall–Kier alpha value is -1.32. The molecule has 0 spiro atoms. The van der Waals surface area contributed by atoms with Gasteiger partial charge in [-0.2, -0.15) is 0 Å². The largest absolute Gasteiger partial charge is 0.384 e. The van der Waals surface area contributed by atoms with Crippen molar-refractivity contribution >= 4 is 12.2 Å². The lowest BCUT2D eigenvalue weighted by molar-refractivity contribution is -0.108. The van der Waals surface area contributed by atoms with Gasteiger partial charge in [-0.05, 0) is 6.08 Å². The first-order chi connectivity index (χ1) is 3.77. The van der Waals surface area contributed by atoms with Crippen molar-refractivity contribution in [3.63, 3.8) is 0 Å². The van der Waals surface area contributed by atoms with E-state index >= 15 is 0 Å². The smallest absolute Gasteiger partial charge is 0.211 e. The van der Waals surface area contributed by atoms with Gasteiger partial charge in [0.1, 0.15) is 5.84 Å². The molecule has 0 saturated heterocycles. The molecular weight excluding hydrogens is 106 g/mol. The van der Waals surface area contributed by atoms with Gasteiger partial charge in [0, 0.05) is 6.20 Å². The molecule has 0 heterocycles. The predicted octanol–water partition coefficient (Wildman–Crippen LogP) is -0.818. The summed E-state index contributed by atoms with van der Waals surface area (Å²) in [7, 11) is 0. The van der Waals surface area contributed by atoms with Gasteiger partial charge in [0.25, 0.3) is 0 Å². The fourth-order valence-corrected chi connectivity index (χ4v) is 0.177. The number of hydrogen-bond acceptors (Lipinski definition) is 2. The van der Waals surface area contributed by atoms with Crippen LogP contribution < -0.4 is 11.1 Å². The lowest BCUT2D eigenvalue weighted by Gasteiger charge is -1.82. The van der Waals surface area contributed by atoms with Crippen molar-refractivity contribution in [2.75, 3.05) is 0 Å². The summed E-state index contributed by atoms with van der Waals surface area (Å²) in [5.41, 5.74) is 4.87. The summed E-state index contributed by atoms with van der Waals surface area (Å²) in [5, 5.41) is 8.81. The van der Waals surface area contributed by atoms with Gasteiger partial charge in [-0.25, -0.2) is 0 Å². The molecule has 8 heavy (non-hydrogen) atoms. The summed E-state index contributed by atoms with van der Waals surface area (Å²) < 4.78 is 0. The molecule has 1 amide bonds. The van der Waals surface area contributed by atoms with Crippen molar-refractivity contribution in [3.8, 4) is 0 Å². The van der Waals surface area contributed by atoms with Crippen molar-refractivity contribution in [2.45, 2.75) is 0 Å². The highest BCUT2D eigenvalue weighted by Gasteiger charge is 1.71. The average Bonchev–Trinajstić information content (AvgIpc) is 1.66. The summed E-state index contributed by atoms with van der Waals surface area (Å²) in [6.07, 6.45) is 3.06. The Morgan fingerprint density at radius 3 is 2.75 bits per heavy atom. The van der Waals surface area contributed by atoms with Crippen LogP contribution in [0.3, 0.4) is 0 Å². The molecule has 44 valence electrons. The van der Waals surface area contributed by atoms with Crippen LogP contribution in [0.2, 0.25) is 0 Å². The standard InChI is InChI=1S/C4H7N3O/c5-4(6)1-2-7-3-8/h1-3H,(H3,5,6)(H,7,8)/b2-1-. The van der Waals surface area contributed by atoms with Gasteiger partial charge in [0.15, 0.2) is 0 Å². The number of hydrogen-bond donors (Lipinski definition) is 3. The minimum absolute atomic E-state index is 0.0839. The Morgan fingerprint density at radius 1 is 1.75 bits per heavy atom. The van der Waals surface area contributed by atoms with E-state index in [9.17, 15) is 4.79 Å². The molecule has 0 unspecified atom stereocenters. The molecule has 0 aromatic carbocycles. The third-order valence-corrected chi connectivity index (χ3v) is 0.427. The monoisotopic (exact) mass is 113 g/mol. The Bertz CT molecular complexity index is 118. The van der Waals surface area contributed by atoms with E-state index in [4.69, 9.17) is 11.1 Å². The first-order valence-electron chi connectivity index (χ1n) is 1.97. The van der Waals surface area contributed by atoms with E-state index < -0.39 is 0 Å². The van der Waals surface area contributed by atoms with Gasteiger partial charge >= 0.3 is 0 Å². The topological polar surface area (TPSA) is 79.0 Å². The Kier molecular flexibility index (Phi) is 3.22. The molecule has 0 atom stereocenters. The van der Waals surface area contributed by atoms with Gasteiger partial charge in [0.05, 0.1) is 0 Å². The van der Waals surface area contributed by atoms with E-state index in [1.165, 1.54) is 12.3 Å². The zero-order valence-corrected chi connectivity index (χ0v) is 4.22. The maximum absolute atomic E-state index is 9.51. The van der Waals surface area contributed by atoms with Crippen LogP contribution >= 0.6 is 0 Å². The lowest BCUT2D eigenvalue weighted by atomic mass is 10.6. The summed E-state index contributed by atoms with van der Waals surface area (Å²) in [6, 6.07) is 0. The van der Waals surface area contributed by atoms with Crippen LogP contribution in [-0.2, 0) is 4.79 Å². The van der Waals surface area contributed by atoms with Gasteiger partial charge in [-0.3, -0.25) is 10.2 Å². The van der Waals surface area contributed by atoms with Crippen LogP contribution in [0.4, 0.5) is 0 Å². The minimum atomic E-state index is -0.0839. The normalized spacial score (nSPS) is 9.00. The number of carbonyl (C=O) groups is 1. The zero-order chi connectivity index (χ0) is 6.41. The van der Waals surface area contributed by atoms with Crippen LogP contribution in [-0.4, -0.2) is 12.2 Å². The highest BCUT2D eigenvalue weighted by molar-refractivity contribution is 5.88. The van der Waals surface area contributed by atoms with Crippen LogP contribution in [0.25, 0.3) is 0 Å². The fourth-order valence-electron chi connectivity index (χ4n) is 0.177. The van der Waals surface area contributed by atoms with E-state index in [0.29, 0.717) is 6.41 Å². The highest BCUT2D eigenvalue weighted by Crippen LogP contribution is 1.60. The molecule has 0 radical (unpaired) electrons. The van der Waals surface area contributed by atoms with E-state index in [0.717, 1.165) is 0 Å². The maximum atomic E-state index is 9.51. The van der Waals surface area contributed by atoms with Crippen LogP contribution in [0.1, 0.15) is 0 Å². The van der Waals surface area contributed by atoms with E-state index in [1.54, 1.807) is 0 Å². The number of nitrogens with one attached hydrogen (secondary N) is 2. The number of carbonyl (C=O) groups excluding carboxylic acids is 1. The Labute approximate surface area is 46.9 Å². The highest BCUT2D eigenvalue weighted by atomic mass is 16.1. The Morgan fingerprint density at radius 2 is 2.38 bits per heavy atom. The van der Waals surface area contributed by atoms with E-state index in [-0.39, 0.29) is 5.84 Å². The summed E-state index contributed by atoms with van der Waals surface area (Å²) in [5.74, 6) is -0.0839. The average molecular weight is 113 g/mol. The summed E-state index contributed by atoms with van der Waals surface area (Å²) in [6.45, 7) is 0. The van der Waals surface area contributed by atoms with Gasteiger partial charge in [-0.1, -0.05) is 0 Å². The van der Waals surface area contributed by atoms with Crippen molar-refractivity contribution in [1.82, 2.24) is 5.32 Å². The van der Waals surface area contributed by atoms with Crippen molar-refractivity contribution in [1.29, 1.82) is 5.41 Å². The number of amidine groups is 1. The molecule has 4 nitrogen and oxygen atoms in total. The SMILES string of the molecule is N=C(N)/C=C\NC=O. The van der Waals surface area contributed by atoms with Crippen LogP contribution in [0.5, 0.6) is 0 Å². The number of rotatable bonds is 3. The van der Waals surface area contributed by atoms with E-state index in [1.807, 2.05) is 0 Å². The van der Waals surface area contributed by atoms with Crippen molar-refractivity contribution in [3.05, 3.63) is 12.3 Å². The molecule has 0 aromatic heterocycles. The molecule has 0 bridgehead atoms. The summed E-state index contributed by atoms with van der Waals surface area (Å²) in [4.78, 5) is 9.51. The third kappa shape index (κ3) is 4.68. The molecule has 0 aromatic rings. The molecule has 4 N–H and O–H groups in total. The molecular formula is C4H7N3O. The molecule has 0 rings (SSSR count). The fraction of sp³-hybridized carbons (Fsp3) is 0. The van der Waals surface area contributed by atoms with Gasteiger partial charge < -0.3 is 11.1 Å². The van der Waals surface area contributed by atoms with Crippen LogP contribution in [0.15, 0.2) is 12.3 Å². The van der Waals surface area contributed by atoms with Crippen LogP contribution in [0, 0.1) is 5.41 Å². The molecule has 0 fully saturated rings. The second kappa shape index (κ2) is 3.86. The quantitative estimate of drug-likeness (QED) is 0.254. The first kappa shape index (κ1) is 6.68. The summed E-state index contributed by atoms with van der Waals surface area (Å²) >= 11 is 0. The van der Waals surface area contributed by atoms with Gasteiger partial charge in [-0.15, -0.1) is 0 Å². The van der Waals surface area contributed by atoms with Crippen molar-refractivity contribution in [2.24, 2.45) is 5.73 Å². The van der Waals surface area contributed by atoms with Crippen molar-refractivity contribution < 1.29 is 4.79 Å². The number of nitrogens with two attached hydrogens (primary N) is 1. The molecule has 0 saturated carbocycles. The molecule has 0 aliphatic heterocycles. The second-order valence-corrected chi connectivity index (χ2v) is 1.07. The zero-order valence-electron chi connectivity index (χ0n) is 4.22. The van der Waals surface area contributed by atoms with E-state index in [2.05, 4.69) is 5.32 Å². The Balaban J connectivity index is 3.34. The third-order valence-electron chi connectivity index (χ3n) is 0.427. The van der Waals surface area contributed by atoms with Gasteiger partial charge in [0.2, 0.25) is 6.41 Å². The molecule has 0 aliphatic rings. The first-order valence-corrected chi connectivity index (χ1v) is 1.97. The molecule has 0 aliphatic carbocycles. The predicted molar refractivity (Wildman–Crippen MR) is 30.3 cm³/mol. The lowest BCUT2D eigenvalue weighted by Crippen LogP contribution is -2.07. The molecule has 4 heteroatoms. The minimum Gasteiger partial charge on any atom is -0.384 e. The number of amides is 1.